The highest BCUT2D eigenvalue weighted by Crippen LogP contribution is 2.41. The van der Waals surface area contributed by atoms with Crippen molar-refractivity contribution in [3.8, 4) is 17.0 Å². The zero-order chi connectivity index (χ0) is 32.9. The van der Waals surface area contributed by atoms with E-state index in [1.807, 2.05) is 30.0 Å². The summed E-state index contributed by atoms with van der Waals surface area (Å²) >= 11 is 0. The van der Waals surface area contributed by atoms with E-state index in [0.717, 1.165) is 72.8 Å². The lowest BCUT2D eigenvalue weighted by atomic mass is 9.79. The Bertz CT molecular complexity index is 1520. The van der Waals surface area contributed by atoms with Crippen molar-refractivity contribution in [1.82, 2.24) is 20.3 Å². The van der Waals surface area contributed by atoms with Gasteiger partial charge in [0.25, 0.3) is 0 Å². The molecule has 3 aromatic heterocycles. The van der Waals surface area contributed by atoms with E-state index in [4.69, 9.17) is 28.8 Å². The summed E-state index contributed by atoms with van der Waals surface area (Å²) in [5.74, 6) is 3.25. The molecule has 11 nitrogen and oxygen atoms in total. The smallest absolute Gasteiger partial charge is 0.407 e. The minimum Gasteiger partial charge on any atom is -0.495 e. The first-order valence-corrected chi connectivity index (χ1v) is 17.1. The molecule has 47 heavy (non-hydrogen) atoms. The number of rotatable bonds is 11. The Kier molecular flexibility index (Phi) is 10.4. The van der Waals surface area contributed by atoms with Crippen LogP contribution in [0.2, 0.25) is 0 Å². The number of ether oxygens (including phenoxy) is 2. The van der Waals surface area contributed by atoms with E-state index in [2.05, 4.69) is 11.4 Å². The van der Waals surface area contributed by atoms with E-state index in [0.29, 0.717) is 55.8 Å². The zero-order valence-electron chi connectivity index (χ0n) is 27.7. The van der Waals surface area contributed by atoms with E-state index in [9.17, 15) is 14.7 Å². The number of oxazole rings is 1. The summed E-state index contributed by atoms with van der Waals surface area (Å²) in [6.45, 7) is 4.14. The van der Waals surface area contributed by atoms with Gasteiger partial charge in [-0.3, -0.25) is 14.7 Å². The number of pyridine rings is 2. The van der Waals surface area contributed by atoms with Gasteiger partial charge in [0, 0.05) is 41.8 Å². The summed E-state index contributed by atoms with van der Waals surface area (Å²) in [6, 6.07) is 7.59. The topological polar surface area (TPSA) is 140 Å². The maximum Gasteiger partial charge on any atom is 0.407 e. The van der Waals surface area contributed by atoms with Crippen molar-refractivity contribution >= 4 is 17.8 Å². The van der Waals surface area contributed by atoms with E-state index >= 15 is 0 Å². The molecule has 2 N–H and O–H groups in total. The number of aliphatic hydroxyl groups is 1. The Morgan fingerprint density at radius 1 is 1.02 bits per heavy atom. The summed E-state index contributed by atoms with van der Waals surface area (Å²) < 4.78 is 16.8. The van der Waals surface area contributed by atoms with Crippen LogP contribution >= 0.6 is 0 Å². The number of aromatic nitrogens is 3. The Balaban J connectivity index is 1.15. The average Bonchev–Trinajstić information content (AvgIpc) is 3.83. The summed E-state index contributed by atoms with van der Waals surface area (Å²) in [7, 11) is 1.67. The van der Waals surface area contributed by atoms with Crippen LogP contribution in [0.25, 0.3) is 11.3 Å². The van der Waals surface area contributed by atoms with Gasteiger partial charge in [0.15, 0.2) is 5.89 Å². The van der Waals surface area contributed by atoms with Crippen molar-refractivity contribution in [3.05, 3.63) is 54.0 Å². The molecule has 3 fully saturated rings. The van der Waals surface area contributed by atoms with Gasteiger partial charge in [-0.15, -0.1) is 0 Å². The Morgan fingerprint density at radius 2 is 1.77 bits per heavy atom. The lowest BCUT2D eigenvalue weighted by molar-refractivity contribution is -0.124. The lowest BCUT2D eigenvalue weighted by Gasteiger charge is -2.35. The number of alkyl carbamates (subject to hydrolysis) is 1. The van der Waals surface area contributed by atoms with Gasteiger partial charge in [-0.1, -0.05) is 0 Å². The van der Waals surface area contributed by atoms with Gasteiger partial charge in [0.2, 0.25) is 5.91 Å². The van der Waals surface area contributed by atoms with Crippen LogP contribution in [-0.4, -0.2) is 64.5 Å². The predicted molar refractivity (Wildman–Crippen MR) is 176 cm³/mol. The number of carbonyl (C=O) groups is 2. The van der Waals surface area contributed by atoms with Crippen molar-refractivity contribution < 1.29 is 28.6 Å². The molecular weight excluding hydrogens is 598 g/mol. The number of aryl methyl sites for hydroxylation is 1. The van der Waals surface area contributed by atoms with Gasteiger partial charge >= 0.3 is 6.09 Å². The first-order chi connectivity index (χ1) is 22.8. The number of nitrogens with one attached hydrogen (secondary N) is 1. The number of carbonyl (C=O) groups excluding carboxylic acids is 2. The molecule has 0 radical (unpaired) electrons. The zero-order valence-corrected chi connectivity index (χ0v) is 27.7. The van der Waals surface area contributed by atoms with E-state index in [1.54, 1.807) is 26.5 Å². The van der Waals surface area contributed by atoms with Crippen molar-refractivity contribution in [1.29, 1.82) is 0 Å². The molecule has 0 saturated heterocycles. The van der Waals surface area contributed by atoms with E-state index in [-0.39, 0.29) is 30.6 Å². The first kappa shape index (κ1) is 32.9. The van der Waals surface area contributed by atoms with Crippen LogP contribution in [0, 0.1) is 18.8 Å². The summed E-state index contributed by atoms with van der Waals surface area (Å²) in [5, 5.41) is 11.8. The minimum absolute atomic E-state index is 0.0693. The molecular formula is C36H47N5O6. The predicted octanol–water partition coefficient (Wildman–Crippen LogP) is 6.30. The fourth-order valence-corrected chi connectivity index (χ4v) is 6.95. The fourth-order valence-electron chi connectivity index (χ4n) is 6.95. The normalized spacial score (nSPS) is 23.5. The molecule has 3 aromatic rings. The van der Waals surface area contributed by atoms with Crippen LogP contribution in [0.5, 0.6) is 5.75 Å². The van der Waals surface area contributed by atoms with Crippen LogP contribution < -0.4 is 15.0 Å². The minimum atomic E-state index is -0.530. The highest BCUT2D eigenvalue weighted by Gasteiger charge is 2.35. The molecule has 3 heterocycles. The summed E-state index contributed by atoms with van der Waals surface area (Å²) in [4.78, 5) is 42.7. The number of hydrogen-bond donors (Lipinski definition) is 2. The largest absolute Gasteiger partial charge is 0.495 e. The second-order valence-electron chi connectivity index (χ2n) is 13.5. The number of aliphatic hydroxyl groups excluding tert-OH is 1. The van der Waals surface area contributed by atoms with Crippen molar-refractivity contribution in [2.24, 2.45) is 11.8 Å². The molecule has 0 aromatic carbocycles. The monoisotopic (exact) mass is 645 g/mol. The molecule has 0 spiro atoms. The molecule has 0 aliphatic heterocycles. The molecule has 3 aliphatic rings. The van der Waals surface area contributed by atoms with Crippen molar-refractivity contribution in [2.75, 3.05) is 25.2 Å². The fraction of sp³-hybridized carbons (Fsp3) is 0.583. The molecule has 6 rings (SSSR count). The van der Waals surface area contributed by atoms with Crippen LogP contribution in [0.3, 0.4) is 0 Å². The molecule has 11 heteroatoms. The maximum absolute atomic E-state index is 14.3. The Hall–Kier alpha value is -3.99. The lowest BCUT2D eigenvalue weighted by Crippen LogP contribution is -2.43. The second-order valence-corrected chi connectivity index (χ2v) is 13.5. The molecule has 3 aliphatic carbocycles. The molecule has 3 saturated carbocycles. The molecule has 1 unspecified atom stereocenters. The van der Waals surface area contributed by atoms with Crippen LogP contribution in [-0.2, 0) is 9.53 Å². The third-order valence-corrected chi connectivity index (χ3v) is 9.95. The molecule has 0 bridgehead atoms. The van der Waals surface area contributed by atoms with Crippen LogP contribution in [0.1, 0.15) is 100 Å². The number of amides is 2. The summed E-state index contributed by atoms with van der Waals surface area (Å²) in [6.07, 6.45) is 11.4. The average molecular weight is 646 g/mol. The first-order valence-electron chi connectivity index (χ1n) is 17.1. The van der Waals surface area contributed by atoms with Gasteiger partial charge in [0.05, 0.1) is 25.5 Å². The number of anilines is 1. The van der Waals surface area contributed by atoms with E-state index in [1.165, 1.54) is 0 Å². The number of methoxy groups -OCH3 is 1. The van der Waals surface area contributed by atoms with Gasteiger partial charge in [0.1, 0.15) is 29.6 Å². The molecule has 1 atom stereocenters. The highest BCUT2D eigenvalue weighted by molar-refractivity contribution is 5.94. The maximum atomic E-state index is 14.3. The number of hydrogen-bond acceptors (Lipinski definition) is 9. The molecule has 252 valence electrons. The third-order valence-electron chi connectivity index (χ3n) is 9.95. The Labute approximate surface area is 276 Å². The van der Waals surface area contributed by atoms with Crippen molar-refractivity contribution in [2.45, 2.75) is 102 Å². The summed E-state index contributed by atoms with van der Waals surface area (Å²) in [5.41, 5.74) is 3.66. The van der Waals surface area contributed by atoms with Crippen molar-refractivity contribution in [3.63, 3.8) is 0 Å². The highest BCUT2D eigenvalue weighted by atomic mass is 16.6. The standard InChI is InChI=1S/C36H47N5O6/c1-22(20-42)38-36(44)47-29-12-10-27(11-13-29)35(43)41(33-18-28(16-17-37-33)31-21-46-34(40-31)26-8-9-26)19-24-4-6-25(7-5-24)30-14-15-32(45-3)23(2)39-30/h14-18,21-22,24-27,29,42H,4-13,19-20H2,1-3H3,(H,38,44). The third kappa shape index (κ3) is 8.12. The van der Waals surface area contributed by atoms with Gasteiger partial charge in [-0.05, 0) is 108 Å². The van der Waals surface area contributed by atoms with Gasteiger partial charge in [-0.2, -0.15) is 0 Å². The van der Waals surface area contributed by atoms with Gasteiger partial charge < -0.3 is 24.3 Å². The Morgan fingerprint density at radius 3 is 2.45 bits per heavy atom. The van der Waals surface area contributed by atoms with E-state index < -0.39 is 6.09 Å². The quantitative estimate of drug-likeness (QED) is 0.246. The SMILES string of the molecule is COc1ccc(C2CCC(CN(C(=O)C3CCC(OC(=O)NC(C)CO)CC3)c3cc(-c4coc(C5CC5)n4)ccn3)CC2)nc1C. The van der Waals surface area contributed by atoms with Gasteiger partial charge in [-0.25, -0.2) is 14.8 Å². The second kappa shape index (κ2) is 14.8. The number of nitrogens with zero attached hydrogens (tertiary/aromatic N) is 4. The van der Waals surface area contributed by atoms with Crippen LogP contribution in [0.4, 0.5) is 10.6 Å². The molecule has 2 amide bonds. The van der Waals surface area contributed by atoms with Crippen LogP contribution in [0.15, 0.2) is 41.1 Å².